The number of unbranched alkanes of at least 4 members (excludes halogenated alkanes) is 11. The summed E-state index contributed by atoms with van der Waals surface area (Å²) in [4.78, 5) is 23.6. The number of benzene rings is 4. The molecular formula is C42H60N2O6P+. The molecule has 1 amide bonds. The van der Waals surface area contributed by atoms with Crippen LogP contribution in [0.4, 0.5) is 0 Å². The summed E-state index contributed by atoms with van der Waals surface area (Å²) in [5, 5.41) is 20.7. The van der Waals surface area contributed by atoms with E-state index in [1.165, 1.54) is 80.0 Å². The monoisotopic (exact) mass is 719 g/mol. The van der Waals surface area contributed by atoms with Crippen LogP contribution in [0.15, 0.2) is 72.8 Å². The first kappa shape index (κ1) is 40.7. The Bertz CT molecular complexity index is 1750. The van der Waals surface area contributed by atoms with Gasteiger partial charge in [0.2, 0.25) is 5.91 Å². The number of phosphoric acid groups is 1. The van der Waals surface area contributed by atoms with Gasteiger partial charge in [-0.1, -0.05) is 138 Å². The van der Waals surface area contributed by atoms with Crippen molar-refractivity contribution in [2.24, 2.45) is 0 Å². The lowest BCUT2D eigenvalue weighted by atomic mass is 9.92. The van der Waals surface area contributed by atoms with Gasteiger partial charge in [0.1, 0.15) is 13.2 Å². The number of phosphoric ester groups is 1. The van der Waals surface area contributed by atoms with Gasteiger partial charge in [0, 0.05) is 6.08 Å². The maximum Gasteiger partial charge on any atom is 0.472 e. The van der Waals surface area contributed by atoms with Gasteiger partial charge in [-0.25, -0.2) is 4.57 Å². The minimum Gasteiger partial charge on any atom is -0.387 e. The van der Waals surface area contributed by atoms with Gasteiger partial charge in [-0.05, 0) is 56.8 Å². The lowest BCUT2D eigenvalue weighted by Gasteiger charge is -2.25. The predicted molar refractivity (Wildman–Crippen MR) is 212 cm³/mol. The molecule has 51 heavy (non-hydrogen) atoms. The highest BCUT2D eigenvalue weighted by atomic mass is 31.2. The largest absolute Gasteiger partial charge is 0.472 e. The first-order valence-corrected chi connectivity index (χ1v) is 20.4. The number of nitrogens with one attached hydrogen (secondary N) is 1. The molecule has 4 aromatic rings. The topological polar surface area (TPSA) is 105 Å². The molecule has 0 aliphatic carbocycles. The molecule has 0 aromatic heterocycles. The van der Waals surface area contributed by atoms with E-state index in [2.05, 4.69) is 60.8 Å². The zero-order valence-corrected chi connectivity index (χ0v) is 32.1. The van der Waals surface area contributed by atoms with Crippen molar-refractivity contribution in [3.63, 3.8) is 0 Å². The molecule has 0 heterocycles. The van der Waals surface area contributed by atoms with Crippen molar-refractivity contribution in [1.82, 2.24) is 5.32 Å². The van der Waals surface area contributed by atoms with Gasteiger partial charge in [0.05, 0.1) is 39.9 Å². The Morgan fingerprint density at radius 1 is 0.824 bits per heavy atom. The Kier molecular flexibility index (Phi) is 16.1. The highest BCUT2D eigenvalue weighted by molar-refractivity contribution is 7.47. The number of carbonyl (C=O) groups is 1. The van der Waals surface area contributed by atoms with E-state index in [1.807, 2.05) is 33.3 Å². The third-order valence-corrected chi connectivity index (χ3v) is 10.4. The van der Waals surface area contributed by atoms with Crippen LogP contribution < -0.4 is 5.32 Å². The van der Waals surface area contributed by atoms with Crippen LogP contribution in [0.5, 0.6) is 0 Å². The number of aliphatic hydroxyl groups is 1. The summed E-state index contributed by atoms with van der Waals surface area (Å²) in [6.45, 7) is 2.38. The number of rotatable bonds is 24. The zero-order valence-electron chi connectivity index (χ0n) is 31.2. The molecule has 4 rings (SSSR count). The summed E-state index contributed by atoms with van der Waals surface area (Å²) in [5.41, 5.74) is 0.890. The number of likely N-dealkylation sites (N-methyl/N-ethyl adjacent to an activating group) is 1. The fourth-order valence-electron chi connectivity index (χ4n) is 6.46. The number of amides is 1. The van der Waals surface area contributed by atoms with Crippen molar-refractivity contribution in [2.45, 2.75) is 96.1 Å². The number of hydrogen-bond donors (Lipinski definition) is 3. The number of hydrogen-bond acceptors (Lipinski definition) is 5. The van der Waals surface area contributed by atoms with Crippen molar-refractivity contribution >= 4 is 52.1 Å². The zero-order chi connectivity index (χ0) is 36.7. The van der Waals surface area contributed by atoms with E-state index < -0.39 is 32.5 Å². The molecule has 0 bridgehead atoms. The van der Waals surface area contributed by atoms with Crippen molar-refractivity contribution < 1.29 is 32.9 Å². The molecule has 0 aliphatic heterocycles. The molecule has 0 aliphatic rings. The fourth-order valence-corrected chi connectivity index (χ4v) is 7.20. The summed E-state index contributed by atoms with van der Waals surface area (Å²) in [6.07, 6.45) is 20.3. The highest BCUT2D eigenvalue weighted by Crippen LogP contribution is 2.43. The third-order valence-electron chi connectivity index (χ3n) is 9.46. The van der Waals surface area contributed by atoms with Gasteiger partial charge in [-0.2, -0.15) is 0 Å². The van der Waals surface area contributed by atoms with E-state index in [-0.39, 0.29) is 6.61 Å². The number of carbonyl (C=O) groups excluding carboxylic acids is 1. The smallest absolute Gasteiger partial charge is 0.387 e. The Labute approximate surface area is 305 Å². The van der Waals surface area contributed by atoms with Crippen molar-refractivity contribution in [3.8, 4) is 0 Å². The van der Waals surface area contributed by atoms with Crippen molar-refractivity contribution in [3.05, 3.63) is 78.4 Å². The average Bonchev–Trinajstić information content (AvgIpc) is 3.09. The number of allylic oxidation sites excluding steroid dienone is 1. The van der Waals surface area contributed by atoms with Gasteiger partial charge in [0.25, 0.3) is 0 Å². The highest BCUT2D eigenvalue weighted by Gasteiger charge is 2.27. The molecule has 0 spiro atoms. The lowest BCUT2D eigenvalue weighted by molar-refractivity contribution is -0.870. The van der Waals surface area contributed by atoms with E-state index in [9.17, 15) is 19.4 Å². The maximum absolute atomic E-state index is 13.2. The Balaban J connectivity index is 1.35. The molecule has 0 saturated carbocycles. The van der Waals surface area contributed by atoms with Crippen molar-refractivity contribution in [1.29, 1.82) is 0 Å². The van der Waals surface area contributed by atoms with Crippen LogP contribution in [-0.2, 0) is 18.4 Å². The van der Waals surface area contributed by atoms with Gasteiger partial charge >= 0.3 is 7.82 Å². The van der Waals surface area contributed by atoms with Crippen LogP contribution in [0.3, 0.4) is 0 Å². The normalized spacial score (nSPS) is 15.0. The van der Waals surface area contributed by atoms with Crippen LogP contribution in [-0.4, -0.2) is 73.4 Å². The minimum absolute atomic E-state index is 0.0256. The lowest BCUT2D eigenvalue weighted by Crippen LogP contribution is -2.45. The van der Waals surface area contributed by atoms with Gasteiger partial charge in [-0.15, -0.1) is 0 Å². The molecule has 3 atom stereocenters. The number of quaternary nitrogens is 1. The van der Waals surface area contributed by atoms with E-state index in [1.54, 1.807) is 12.2 Å². The van der Waals surface area contributed by atoms with Crippen LogP contribution in [0.2, 0.25) is 0 Å². The molecular weight excluding hydrogens is 659 g/mol. The van der Waals surface area contributed by atoms with E-state index in [0.717, 1.165) is 41.0 Å². The third kappa shape index (κ3) is 13.4. The summed E-state index contributed by atoms with van der Waals surface area (Å²) < 4.78 is 23.7. The fraction of sp³-hybridized carbons (Fsp3) is 0.500. The van der Waals surface area contributed by atoms with Gasteiger partial charge < -0.3 is 19.8 Å². The molecule has 4 aromatic carbocycles. The second-order valence-electron chi connectivity index (χ2n) is 14.8. The summed E-state index contributed by atoms with van der Waals surface area (Å²) in [5.74, 6) is -0.453. The molecule has 0 radical (unpaired) electrons. The molecule has 278 valence electrons. The quantitative estimate of drug-likeness (QED) is 0.0166. The molecule has 3 N–H and O–H groups in total. The molecule has 8 nitrogen and oxygen atoms in total. The van der Waals surface area contributed by atoms with Crippen molar-refractivity contribution in [2.75, 3.05) is 40.9 Å². The number of aliphatic hydroxyl groups excluding tert-OH is 1. The van der Waals surface area contributed by atoms with Gasteiger partial charge in [-0.3, -0.25) is 13.8 Å². The summed E-state index contributed by atoms with van der Waals surface area (Å²) in [7, 11) is 1.45. The first-order chi connectivity index (χ1) is 24.5. The SMILES string of the molecule is CCCCCCCCCCCCC/C=C/[C@@H](O)[C@H](COP(=O)(O)OCC[N+](C)(C)C)NC(=O)/C=C\c1ccc2ccc3cccc4ccc1c2c34. The average molecular weight is 720 g/mol. The Hall–Kier alpha value is -3.10. The number of nitrogens with zero attached hydrogens (tertiary/aromatic N) is 1. The standard InChI is InChI=1S/C42H59N2O6P/c1-5-6-7-8-9-10-11-12-13-14-15-16-17-21-39(45)38(32-50-51(47,48)49-31-30-44(2,3)4)43-40(46)29-27-33-22-23-36-25-24-34-19-18-20-35-26-28-37(33)42(36)41(34)35/h17-29,38-39,45H,5-16,30-32H2,1-4H3,(H-,43,46,47,48)/p+1/b21-17+,29-27-/t38-,39+/m0/s1. The van der Waals surface area contributed by atoms with Gasteiger partial charge in [0.15, 0.2) is 0 Å². The minimum atomic E-state index is -4.41. The van der Waals surface area contributed by atoms with E-state index >= 15 is 0 Å². The molecule has 1 unspecified atom stereocenters. The maximum atomic E-state index is 13.2. The second kappa shape index (κ2) is 20.2. The second-order valence-corrected chi connectivity index (χ2v) is 16.3. The molecule has 9 heteroatoms. The molecule has 0 fully saturated rings. The Morgan fingerprint density at radius 3 is 2.06 bits per heavy atom. The molecule has 0 saturated heterocycles. The van der Waals surface area contributed by atoms with Crippen LogP contribution in [0.25, 0.3) is 38.4 Å². The predicted octanol–water partition coefficient (Wildman–Crippen LogP) is 9.54. The first-order valence-electron chi connectivity index (χ1n) is 18.9. The van der Waals surface area contributed by atoms with E-state index in [4.69, 9.17) is 9.05 Å². The summed E-state index contributed by atoms with van der Waals surface area (Å²) in [6, 6.07) is 17.8. The Morgan fingerprint density at radius 2 is 1.41 bits per heavy atom. The van der Waals surface area contributed by atoms with E-state index in [0.29, 0.717) is 11.0 Å². The summed E-state index contributed by atoms with van der Waals surface area (Å²) >= 11 is 0. The van der Waals surface area contributed by atoms with Crippen LogP contribution >= 0.6 is 7.82 Å². The van der Waals surface area contributed by atoms with Crippen LogP contribution in [0.1, 0.15) is 89.5 Å². The van der Waals surface area contributed by atoms with Crippen LogP contribution in [0, 0.1) is 0 Å².